The molecule has 0 aliphatic heterocycles. The quantitative estimate of drug-likeness (QED) is 0.750. The van der Waals surface area contributed by atoms with Gasteiger partial charge >= 0.3 is 0 Å². The van der Waals surface area contributed by atoms with E-state index in [4.69, 9.17) is 16.3 Å². The molecule has 104 valence electrons. The van der Waals surface area contributed by atoms with Gasteiger partial charge in [0, 0.05) is 17.0 Å². The molecule has 20 heavy (non-hydrogen) atoms. The highest BCUT2D eigenvalue weighted by Crippen LogP contribution is 2.22. The van der Waals surface area contributed by atoms with Crippen molar-refractivity contribution in [2.24, 2.45) is 0 Å². The summed E-state index contributed by atoms with van der Waals surface area (Å²) < 4.78 is 19.2. The molecule has 0 spiro atoms. The normalized spacial score (nSPS) is 10.3. The van der Waals surface area contributed by atoms with Crippen molar-refractivity contribution >= 4 is 17.4 Å². The van der Waals surface area contributed by atoms with Gasteiger partial charge in [0.05, 0.1) is 5.56 Å². The van der Waals surface area contributed by atoms with Crippen molar-refractivity contribution in [2.75, 3.05) is 0 Å². The number of ketones is 1. The number of ether oxygens (including phenoxy) is 1. The highest BCUT2D eigenvalue weighted by molar-refractivity contribution is 6.30. The van der Waals surface area contributed by atoms with Crippen molar-refractivity contribution in [3.05, 3.63) is 64.4 Å². The fraction of sp³-hybridized carbons (Fsp3) is 0.188. The first-order valence-electron chi connectivity index (χ1n) is 6.30. The molecule has 0 aliphatic rings. The maximum atomic E-state index is 13.6. The summed E-state index contributed by atoms with van der Waals surface area (Å²) in [5.41, 5.74) is 0.869. The Kier molecular flexibility index (Phi) is 4.74. The lowest BCUT2D eigenvalue weighted by Gasteiger charge is -2.11. The van der Waals surface area contributed by atoms with Gasteiger partial charge in [0.15, 0.2) is 5.78 Å². The minimum atomic E-state index is -0.381. The minimum absolute atomic E-state index is 0.00725. The molecule has 0 unspecified atom stereocenters. The van der Waals surface area contributed by atoms with Crippen molar-refractivity contribution in [1.29, 1.82) is 0 Å². The molecule has 0 radical (unpaired) electrons. The molecule has 0 N–H and O–H groups in total. The lowest BCUT2D eigenvalue weighted by atomic mass is 10.1. The summed E-state index contributed by atoms with van der Waals surface area (Å²) in [6, 6.07) is 11.2. The Balaban J connectivity index is 2.19. The maximum absolute atomic E-state index is 13.6. The zero-order chi connectivity index (χ0) is 14.5. The number of halogens is 2. The largest absolute Gasteiger partial charge is 0.488 e. The van der Waals surface area contributed by atoms with E-state index in [9.17, 15) is 9.18 Å². The van der Waals surface area contributed by atoms with Gasteiger partial charge < -0.3 is 4.74 Å². The van der Waals surface area contributed by atoms with E-state index in [-0.39, 0.29) is 18.2 Å². The number of Topliss-reactive ketones (excluding diaryl/α,β-unsaturated/α-hetero) is 1. The molecule has 0 bridgehead atoms. The van der Waals surface area contributed by atoms with E-state index < -0.39 is 0 Å². The molecule has 0 atom stereocenters. The number of carbonyl (C=O) groups excluding carboxylic acids is 1. The molecule has 0 heterocycles. The summed E-state index contributed by atoms with van der Waals surface area (Å²) in [6.45, 7) is 1.82. The third-order valence-electron chi connectivity index (χ3n) is 2.90. The average molecular weight is 293 g/mol. The summed E-state index contributed by atoms with van der Waals surface area (Å²) in [6.07, 6.45) is 0.395. The van der Waals surface area contributed by atoms with Crippen LogP contribution >= 0.6 is 11.6 Å². The van der Waals surface area contributed by atoms with Crippen LogP contribution in [0, 0.1) is 5.82 Å². The molecule has 0 aliphatic carbocycles. The minimum Gasteiger partial charge on any atom is -0.488 e. The predicted octanol–water partition coefficient (Wildman–Crippen LogP) is 4.65. The second-order valence-corrected chi connectivity index (χ2v) is 4.73. The van der Waals surface area contributed by atoms with Gasteiger partial charge in [-0.15, -0.1) is 0 Å². The molecular weight excluding hydrogens is 279 g/mol. The fourth-order valence-corrected chi connectivity index (χ4v) is 2.02. The second kappa shape index (κ2) is 6.53. The Morgan fingerprint density at radius 2 is 2.00 bits per heavy atom. The summed E-state index contributed by atoms with van der Waals surface area (Å²) in [4.78, 5) is 11.8. The number of rotatable bonds is 5. The van der Waals surface area contributed by atoms with Crippen LogP contribution in [0.2, 0.25) is 5.02 Å². The molecule has 2 aromatic carbocycles. The molecule has 2 aromatic rings. The highest BCUT2D eigenvalue weighted by Gasteiger charge is 2.11. The van der Waals surface area contributed by atoms with Crippen molar-refractivity contribution < 1.29 is 13.9 Å². The maximum Gasteiger partial charge on any atom is 0.166 e. The van der Waals surface area contributed by atoms with Gasteiger partial charge in [-0.05, 0) is 30.3 Å². The Morgan fingerprint density at radius 3 is 2.75 bits per heavy atom. The second-order valence-electron chi connectivity index (χ2n) is 4.30. The number of para-hydroxylation sites is 1. The zero-order valence-electron chi connectivity index (χ0n) is 11.0. The van der Waals surface area contributed by atoms with Crippen LogP contribution in [0.25, 0.3) is 0 Å². The molecule has 0 amide bonds. The molecule has 0 aromatic heterocycles. The average Bonchev–Trinajstić information content (AvgIpc) is 2.47. The highest BCUT2D eigenvalue weighted by atomic mass is 35.5. The van der Waals surface area contributed by atoms with Gasteiger partial charge in [-0.25, -0.2) is 4.39 Å². The molecule has 2 nitrogen and oxygen atoms in total. The summed E-state index contributed by atoms with van der Waals surface area (Å²) in [5.74, 6) is 0.0691. The molecule has 2 rings (SSSR count). The van der Waals surface area contributed by atoms with Crippen LogP contribution in [0.5, 0.6) is 5.75 Å². The van der Waals surface area contributed by atoms with E-state index in [0.29, 0.717) is 28.3 Å². The standard InChI is InChI=1S/C16H14ClFO2/c1-2-15(19)13-5-3-4-6-16(13)20-10-11-9-12(17)7-8-14(11)18/h3-9H,2,10H2,1H3. The van der Waals surface area contributed by atoms with E-state index in [1.165, 1.54) is 18.2 Å². The van der Waals surface area contributed by atoms with Crippen LogP contribution in [-0.2, 0) is 6.61 Å². The summed E-state index contributed by atoms with van der Waals surface area (Å²) in [7, 11) is 0. The van der Waals surface area contributed by atoms with Crippen LogP contribution in [0.4, 0.5) is 4.39 Å². The van der Waals surface area contributed by atoms with Crippen LogP contribution in [0.15, 0.2) is 42.5 Å². The lowest BCUT2D eigenvalue weighted by Crippen LogP contribution is -2.04. The molecule has 0 saturated carbocycles. The number of hydrogen-bond donors (Lipinski definition) is 0. The number of benzene rings is 2. The molecule has 0 saturated heterocycles. The Hall–Kier alpha value is -1.87. The van der Waals surface area contributed by atoms with Crippen molar-refractivity contribution in [3.63, 3.8) is 0 Å². The third-order valence-corrected chi connectivity index (χ3v) is 3.13. The van der Waals surface area contributed by atoms with Gasteiger partial charge in [-0.2, -0.15) is 0 Å². The first kappa shape index (κ1) is 14.5. The number of hydrogen-bond acceptors (Lipinski definition) is 2. The van der Waals surface area contributed by atoms with Crippen LogP contribution in [0.1, 0.15) is 29.3 Å². The smallest absolute Gasteiger partial charge is 0.166 e. The summed E-state index contributed by atoms with van der Waals surface area (Å²) >= 11 is 5.83. The Morgan fingerprint density at radius 1 is 1.25 bits per heavy atom. The van der Waals surface area contributed by atoms with E-state index in [2.05, 4.69) is 0 Å². The molecular formula is C16H14ClFO2. The van der Waals surface area contributed by atoms with Crippen LogP contribution in [-0.4, -0.2) is 5.78 Å². The number of carbonyl (C=O) groups is 1. The topological polar surface area (TPSA) is 26.3 Å². The fourth-order valence-electron chi connectivity index (χ4n) is 1.82. The Bertz CT molecular complexity index is 626. The van der Waals surface area contributed by atoms with Crippen molar-refractivity contribution in [2.45, 2.75) is 20.0 Å². The zero-order valence-corrected chi connectivity index (χ0v) is 11.8. The molecule has 0 fully saturated rings. The van der Waals surface area contributed by atoms with Gasteiger partial charge in [0.1, 0.15) is 18.2 Å². The van der Waals surface area contributed by atoms with Crippen LogP contribution in [0.3, 0.4) is 0 Å². The van der Waals surface area contributed by atoms with Gasteiger partial charge in [-0.1, -0.05) is 30.7 Å². The van der Waals surface area contributed by atoms with E-state index in [1.807, 2.05) is 0 Å². The first-order valence-corrected chi connectivity index (χ1v) is 6.68. The van der Waals surface area contributed by atoms with Gasteiger partial charge in [-0.3, -0.25) is 4.79 Å². The van der Waals surface area contributed by atoms with Crippen LogP contribution < -0.4 is 4.74 Å². The van der Waals surface area contributed by atoms with E-state index >= 15 is 0 Å². The lowest BCUT2D eigenvalue weighted by molar-refractivity contribution is 0.0983. The summed E-state index contributed by atoms with van der Waals surface area (Å²) in [5, 5.41) is 0.447. The van der Waals surface area contributed by atoms with Gasteiger partial charge in [0.2, 0.25) is 0 Å². The monoisotopic (exact) mass is 292 g/mol. The van der Waals surface area contributed by atoms with Gasteiger partial charge in [0.25, 0.3) is 0 Å². The van der Waals surface area contributed by atoms with Crippen molar-refractivity contribution in [1.82, 2.24) is 0 Å². The Labute approximate surface area is 122 Å². The predicted molar refractivity (Wildman–Crippen MR) is 76.8 cm³/mol. The van der Waals surface area contributed by atoms with E-state index in [1.54, 1.807) is 31.2 Å². The third kappa shape index (κ3) is 3.36. The molecule has 4 heteroatoms. The first-order chi connectivity index (χ1) is 9.61. The SMILES string of the molecule is CCC(=O)c1ccccc1OCc1cc(Cl)ccc1F. The van der Waals surface area contributed by atoms with E-state index in [0.717, 1.165) is 0 Å². The van der Waals surface area contributed by atoms with Crippen molar-refractivity contribution in [3.8, 4) is 5.75 Å².